The van der Waals surface area contributed by atoms with Gasteiger partial charge in [0.2, 0.25) is 17.7 Å². The highest BCUT2D eigenvalue weighted by Crippen LogP contribution is 2.21. The molecule has 120 valence electrons. The summed E-state index contributed by atoms with van der Waals surface area (Å²) in [6, 6.07) is 1.55. The quantitative estimate of drug-likeness (QED) is 0.212. The van der Waals surface area contributed by atoms with E-state index in [1.54, 1.807) is 12.1 Å². The van der Waals surface area contributed by atoms with Gasteiger partial charge in [-0.25, -0.2) is 0 Å². The van der Waals surface area contributed by atoms with Crippen LogP contribution in [0.4, 0.5) is 0 Å². The Morgan fingerprint density at radius 2 is 2.00 bits per heavy atom. The second-order valence-electron chi connectivity index (χ2n) is 3.70. The molecule has 0 aromatic carbocycles. The fourth-order valence-electron chi connectivity index (χ4n) is 1.16. The molecule has 0 bridgehead atoms. The number of rotatable bonds is 7. The van der Waals surface area contributed by atoms with Gasteiger partial charge in [-0.2, -0.15) is 9.97 Å². The van der Waals surface area contributed by atoms with Gasteiger partial charge in [-0.05, 0) is 12.2 Å². The SMILES string of the molecule is C=CCNC(=S)NNC(=O)CSc1nc(OC)cc(OC)n1. The topological polar surface area (TPSA) is 97.4 Å². The predicted molar refractivity (Wildman–Crippen MR) is 87.9 cm³/mol. The number of hydrazine groups is 1. The summed E-state index contributed by atoms with van der Waals surface area (Å²) in [5, 5.41) is 3.49. The van der Waals surface area contributed by atoms with Crippen molar-refractivity contribution in [1.29, 1.82) is 0 Å². The molecule has 0 spiro atoms. The van der Waals surface area contributed by atoms with Crippen molar-refractivity contribution < 1.29 is 14.3 Å². The molecule has 1 aromatic rings. The number of thioether (sulfide) groups is 1. The number of amides is 1. The molecule has 0 aliphatic heterocycles. The Morgan fingerprint density at radius 1 is 1.36 bits per heavy atom. The van der Waals surface area contributed by atoms with Gasteiger partial charge in [-0.15, -0.1) is 6.58 Å². The van der Waals surface area contributed by atoms with E-state index in [2.05, 4.69) is 32.7 Å². The third kappa shape index (κ3) is 6.59. The maximum atomic E-state index is 11.7. The van der Waals surface area contributed by atoms with Gasteiger partial charge in [0.1, 0.15) is 0 Å². The van der Waals surface area contributed by atoms with Gasteiger partial charge in [0.15, 0.2) is 10.3 Å². The van der Waals surface area contributed by atoms with Gasteiger partial charge < -0.3 is 14.8 Å². The molecule has 1 heterocycles. The smallest absolute Gasteiger partial charge is 0.248 e. The van der Waals surface area contributed by atoms with Gasteiger partial charge in [0, 0.05) is 6.54 Å². The number of methoxy groups -OCH3 is 2. The number of carbonyl (C=O) groups is 1. The van der Waals surface area contributed by atoms with Crippen LogP contribution in [-0.2, 0) is 4.79 Å². The molecular weight excluding hydrogens is 326 g/mol. The number of hydrogen-bond acceptors (Lipinski definition) is 7. The molecule has 0 fully saturated rings. The first-order valence-electron chi connectivity index (χ1n) is 6.12. The van der Waals surface area contributed by atoms with Crippen LogP contribution in [0.2, 0.25) is 0 Å². The molecule has 0 atom stereocenters. The Kier molecular flexibility index (Phi) is 8.00. The zero-order valence-electron chi connectivity index (χ0n) is 12.2. The number of ether oxygens (including phenoxy) is 2. The van der Waals surface area contributed by atoms with Crippen molar-refractivity contribution in [2.24, 2.45) is 0 Å². The summed E-state index contributed by atoms with van der Waals surface area (Å²) < 4.78 is 10.1. The van der Waals surface area contributed by atoms with Crippen LogP contribution in [0.15, 0.2) is 23.9 Å². The Bertz CT molecular complexity index is 519. The fraction of sp³-hybridized carbons (Fsp3) is 0.333. The Hall–Kier alpha value is -2.07. The monoisotopic (exact) mass is 343 g/mol. The summed E-state index contributed by atoms with van der Waals surface area (Å²) in [5.74, 6) is 0.552. The van der Waals surface area contributed by atoms with E-state index < -0.39 is 0 Å². The highest BCUT2D eigenvalue weighted by atomic mass is 32.2. The van der Waals surface area contributed by atoms with E-state index in [9.17, 15) is 4.79 Å². The average Bonchev–Trinajstić information content (AvgIpc) is 2.55. The van der Waals surface area contributed by atoms with Crippen molar-refractivity contribution in [2.45, 2.75) is 5.16 Å². The van der Waals surface area contributed by atoms with Crippen LogP contribution >= 0.6 is 24.0 Å². The van der Waals surface area contributed by atoms with Crippen molar-refractivity contribution in [1.82, 2.24) is 26.1 Å². The van der Waals surface area contributed by atoms with Crippen LogP contribution in [-0.4, -0.2) is 47.5 Å². The highest BCUT2D eigenvalue weighted by Gasteiger charge is 2.09. The van der Waals surface area contributed by atoms with E-state index in [0.717, 1.165) is 11.8 Å². The molecule has 0 aliphatic rings. The number of nitrogens with one attached hydrogen (secondary N) is 3. The zero-order valence-corrected chi connectivity index (χ0v) is 13.8. The Morgan fingerprint density at radius 3 is 2.55 bits per heavy atom. The van der Waals surface area contributed by atoms with Gasteiger partial charge in [-0.3, -0.25) is 15.6 Å². The summed E-state index contributed by atoms with van der Waals surface area (Å²) in [5.41, 5.74) is 5.02. The fourth-order valence-corrected chi connectivity index (χ4v) is 1.93. The first-order valence-corrected chi connectivity index (χ1v) is 7.52. The Labute approximate surface area is 138 Å². The third-order valence-corrected chi connectivity index (χ3v) is 3.23. The van der Waals surface area contributed by atoms with E-state index >= 15 is 0 Å². The van der Waals surface area contributed by atoms with E-state index in [1.165, 1.54) is 14.2 Å². The lowest BCUT2D eigenvalue weighted by Crippen LogP contribution is -2.47. The second kappa shape index (κ2) is 9.79. The minimum Gasteiger partial charge on any atom is -0.481 e. The molecule has 0 radical (unpaired) electrons. The lowest BCUT2D eigenvalue weighted by atomic mass is 10.6. The largest absolute Gasteiger partial charge is 0.481 e. The van der Waals surface area contributed by atoms with Crippen LogP contribution in [0.25, 0.3) is 0 Å². The van der Waals surface area contributed by atoms with Crippen molar-refractivity contribution in [3.63, 3.8) is 0 Å². The third-order valence-electron chi connectivity index (χ3n) is 2.13. The van der Waals surface area contributed by atoms with Gasteiger partial charge in [-0.1, -0.05) is 17.8 Å². The minimum absolute atomic E-state index is 0.105. The van der Waals surface area contributed by atoms with Gasteiger partial charge in [0.25, 0.3) is 0 Å². The normalized spacial score (nSPS) is 9.55. The van der Waals surface area contributed by atoms with Crippen molar-refractivity contribution in [3.8, 4) is 11.8 Å². The molecule has 8 nitrogen and oxygen atoms in total. The van der Waals surface area contributed by atoms with Crippen LogP contribution in [0.1, 0.15) is 0 Å². The van der Waals surface area contributed by atoms with Crippen LogP contribution in [0.3, 0.4) is 0 Å². The van der Waals surface area contributed by atoms with E-state index in [0.29, 0.717) is 28.6 Å². The first-order chi connectivity index (χ1) is 10.6. The van der Waals surface area contributed by atoms with Gasteiger partial charge >= 0.3 is 0 Å². The van der Waals surface area contributed by atoms with E-state index in [-0.39, 0.29) is 11.7 Å². The molecular formula is C12H17N5O3S2. The molecule has 0 saturated carbocycles. The highest BCUT2D eigenvalue weighted by molar-refractivity contribution is 7.99. The summed E-state index contributed by atoms with van der Waals surface area (Å²) in [6.07, 6.45) is 1.65. The molecule has 22 heavy (non-hydrogen) atoms. The van der Waals surface area contributed by atoms with E-state index in [4.69, 9.17) is 21.7 Å². The van der Waals surface area contributed by atoms with E-state index in [1.807, 2.05) is 0 Å². The molecule has 1 aromatic heterocycles. The number of hydrogen-bond donors (Lipinski definition) is 3. The van der Waals surface area contributed by atoms with Crippen molar-refractivity contribution >= 4 is 35.0 Å². The van der Waals surface area contributed by atoms with Crippen LogP contribution in [0, 0.1) is 0 Å². The van der Waals surface area contributed by atoms with Crippen molar-refractivity contribution in [2.75, 3.05) is 26.5 Å². The predicted octanol–water partition coefficient (Wildman–Crippen LogP) is 0.267. The summed E-state index contributed by atoms with van der Waals surface area (Å²) in [4.78, 5) is 19.9. The first kappa shape index (κ1) is 18.0. The maximum absolute atomic E-state index is 11.7. The average molecular weight is 343 g/mol. The standard InChI is InChI=1S/C12H17N5O3S2/c1-4-5-13-11(21)17-16-8(18)7-22-12-14-9(19-2)6-10(15-12)20-3/h4,6H,1,5,7H2,2-3H3,(H,16,18)(H2,13,17,21). The summed E-state index contributed by atoms with van der Waals surface area (Å²) in [6.45, 7) is 4.05. The lowest BCUT2D eigenvalue weighted by molar-refractivity contribution is -0.119. The molecule has 1 amide bonds. The maximum Gasteiger partial charge on any atom is 0.248 e. The number of carbonyl (C=O) groups excluding carboxylic acids is 1. The van der Waals surface area contributed by atoms with Crippen LogP contribution < -0.4 is 25.6 Å². The Balaban J connectivity index is 2.43. The molecule has 1 rings (SSSR count). The summed E-state index contributed by atoms with van der Waals surface area (Å²) in [7, 11) is 2.98. The number of nitrogens with zero attached hydrogens (tertiary/aromatic N) is 2. The van der Waals surface area contributed by atoms with Gasteiger partial charge in [0.05, 0.1) is 26.0 Å². The molecule has 10 heteroatoms. The zero-order chi connectivity index (χ0) is 16.4. The minimum atomic E-state index is -0.280. The lowest BCUT2D eigenvalue weighted by Gasteiger charge is -2.10. The number of aromatic nitrogens is 2. The number of thiocarbonyl (C=S) groups is 1. The van der Waals surface area contributed by atoms with Crippen molar-refractivity contribution in [3.05, 3.63) is 18.7 Å². The van der Waals surface area contributed by atoms with Crippen LogP contribution in [0.5, 0.6) is 11.8 Å². The second-order valence-corrected chi connectivity index (χ2v) is 5.05. The molecule has 3 N–H and O–H groups in total. The molecule has 0 aliphatic carbocycles. The molecule has 0 unspecified atom stereocenters. The summed E-state index contributed by atoms with van der Waals surface area (Å²) >= 11 is 6.07. The molecule has 0 saturated heterocycles.